The molecule has 0 spiro atoms. The van der Waals surface area contributed by atoms with Gasteiger partial charge in [-0.1, -0.05) is 30.6 Å². The number of methoxy groups -OCH3 is 1. The first-order valence-corrected chi connectivity index (χ1v) is 9.96. The number of fused-ring (bicyclic) bond motifs is 5. The molecule has 0 N–H and O–H groups in total. The van der Waals surface area contributed by atoms with Crippen LogP contribution in [0.25, 0.3) is 0 Å². The minimum absolute atomic E-state index is 0.0421. The van der Waals surface area contributed by atoms with E-state index in [-0.39, 0.29) is 5.41 Å². The fourth-order valence-electron chi connectivity index (χ4n) is 7.24. The van der Waals surface area contributed by atoms with E-state index in [1.807, 2.05) is 6.08 Å². The predicted molar refractivity (Wildman–Crippen MR) is 99.8 cm³/mol. The fraction of sp³-hybridized carbons (Fsp3) is 0.696. The van der Waals surface area contributed by atoms with Crippen LogP contribution in [-0.4, -0.2) is 18.5 Å². The van der Waals surface area contributed by atoms with Crippen LogP contribution in [0.15, 0.2) is 23.8 Å². The lowest BCUT2D eigenvalue weighted by Crippen LogP contribution is -2.54. The van der Waals surface area contributed by atoms with Crippen LogP contribution in [0.2, 0.25) is 0 Å². The van der Waals surface area contributed by atoms with Gasteiger partial charge in [0, 0.05) is 18.9 Å². The molecular formula is C23H30O2. The summed E-state index contributed by atoms with van der Waals surface area (Å²) in [6.45, 7) is 6.84. The number of terminal acetylenes is 1. The highest BCUT2D eigenvalue weighted by Crippen LogP contribution is 2.67. The first-order chi connectivity index (χ1) is 12.0. The number of carbonyl (C=O) groups excluding carboxylic acids is 1. The Morgan fingerprint density at radius 2 is 2.16 bits per heavy atom. The Bertz CT molecular complexity index is 681. The molecule has 0 aliphatic heterocycles. The van der Waals surface area contributed by atoms with Crippen LogP contribution in [-0.2, 0) is 9.53 Å². The zero-order valence-electron chi connectivity index (χ0n) is 15.6. The molecule has 0 radical (unpaired) electrons. The molecule has 4 rings (SSSR count). The Kier molecular flexibility index (Phi) is 4.00. The highest BCUT2D eigenvalue weighted by atomic mass is 16.5. The van der Waals surface area contributed by atoms with Gasteiger partial charge in [0.1, 0.15) is 5.60 Å². The molecule has 6 atom stereocenters. The number of rotatable bonds is 2. The molecule has 3 fully saturated rings. The first-order valence-electron chi connectivity index (χ1n) is 9.96. The van der Waals surface area contributed by atoms with Crippen molar-refractivity contribution >= 4 is 5.78 Å². The largest absolute Gasteiger partial charge is 0.365 e. The maximum absolute atomic E-state index is 11.9. The van der Waals surface area contributed by atoms with E-state index in [1.165, 1.54) is 24.0 Å². The number of ether oxygens (including phenoxy) is 1. The molecule has 25 heavy (non-hydrogen) atoms. The minimum Gasteiger partial charge on any atom is -0.365 e. The van der Waals surface area contributed by atoms with Gasteiger partial charge in [-0.3, -0.25) is 4.79 Å². The van der Waals surface area contributed by atoms with Crippen molar-refractivity contribution in [2.75, 3.05) is 7.11 Å². The Balaban J connectivity index is 1.74. The average Bonchev–Trinajstić information content (AvgIpc) is 2.96. The lowest BCUT2D eigenvalue weighted by atomic mass is 9.48. The summed E-state index contributed by atoms with van der Waals surface area (Å²) >= 11 is 0. The van der Waals surface area contributed by atoms with Gasteiger partial charge in [-0.05, 0) is 74.7 Å². The number of hydrogen-bond donors (Lipinski definition) is 0. The van der Waals surface area contributed by atoms with Gasteiger partial charge in [-0.15, -0.1) is 6.42 Å². The topological polar surface area (TPSA) is 26.3 Å². The summed E-state index contributed by atoms with van der Waals surface area (Å²) in [4.78, 5) is 11.9. The number of ketones is 1. The zero-order valence-corrected chi connectivity index (χ0v) is 15.6. The van der Waals surface area contributed by atoms with Crippen molar-refractivity contribution in [1.82, 2.24) is 0 Å². The molecule has 0 aromatic carbocycles. The third-order valence-corrected chi connectivity index (χ3v) is 8.25. The Hall–Kier alpha value is -1.33. The third-order valence-electron chi connectivity index (χ3n) is 8.25. The van der Waals surface area contributed by atoms with E-state index >= 15 is 0 Å². The molecule has 0 aromatic rings. The van der Waals surface area contributed by atoms with E-state index in [4.69, 9.17) is 11.2 Å². The van der Waals surface area contributed by atoms with Crippen LogP contribution in [0.5, 0.6) is 0 Å². The summed E-state index contributed by atoms with van der Waals surface area (Å²) in [6.07, 6.45) is 16.2. The minimum atomic E-state index is -0.432. The summed E-state index contributed by atoms with van der Waals surface area (Å²) in [5.74, 6) is 5.77. The third kappa shape index (κ3) is 2.12. The van der Waals surface area contributed by atoms with Crippen LogP contribution in [0.1, 0.15) is 58.3 Å². The molecule has 4 aliphatic rings. The molecule has 0 heterocycles. The van der Waals surface area contributed by atoms with Crippen LogP contribution >= 0.6 is 0 Å². The summed E-state index contributed by atoms with van der Waals surface area (Å²) in [7, 11) is 1.79. The monoisotopic (exact) mass is 338 g/mol. The molecule has 0 aromatic heterocycles. The number of hydrogen-bond acceptors (Lipinski definition) is 2. The quantitative estimate of drug-likeness (QED) is 0.539. The van der Waals surface area contributed by atoms with Crippen molar-refractivity contribution in [1.29, 1.82) is 0 Å². The van der Waals surface area contributed by atoms with E-state index in [1.54, 1.807) is 7.11 Å². The van der Waals surface area contributed by atoms with Gasteiger partial charge in [0.25, 0.3) is 0 Å². The van der Waals surface area contributed by atoms with E-state index in [2.05, 4.69) is 19.4 Å². The van der Waals surface area contributed by atoms with Gasteiger partial charge in [0.15, 0.2) is 5.78 Å². The molecule has 4 aliphatic carbocycles. The molecular weight excluding hydrogens is 308 g/mol. The zero-order chi connectivity index (χ0) is 17.8. The Morgan fingerprint density at radius 1 is 1.36 bits per heavy atom. The van der Waals surface area contributed by atoms with E-state index in [0.717, 1.165) is 32.1 Å². The highest BCUT2D eigenvalue weighted by Gasteiger charge is 2.65. The van der Waals surface area contributed by atoms with Crippen molar-refractivity contribution in [3.05, 3.63) is 23.8 Å². The van der Waals surface area contributed by atoms with Gasteiger partial charge in [0.2, 0.25) is 0 Å². The molecule has 3 saturated carbocycles. The Labute approximate surface area is 152 Å². The lowest BCUT2D eigenvalue weighted by molar-refractivity contribution is -0.116. The van der Waals surface area contributed by atoms with Crippen LogP contribution < -0.4 is 0 Å². The van der Waals surface area contributed by atoms with Crippen molar-refractivity contribution in [2.24, 2.45) is 29.1 Å². The summed E-state index contributed by atoms with van der Waals surface area (Å²) < 4.78 is 6.03. The van der Waals surface area contributed by atoms with Crippen molar-refractivity contribution < 1.29 is 9.53 Å². The van der Waals surface area contributed by atoms with Crippen molar-refractivity contribution in [2.45, 2.75) is 63.9 Å². The van der Waals surface area contributed by atoms with Gasteiger partial charge in [-0.2, -0.15) is 0 Å². The highest BCUT2D eigenvalue weighted by molar-refractivity contribution is 5.91. The predicted octanol–water partition coefficient (Wildman–Crippen LogP) is 4.70. The second-order valence-corrected chi connectivity index (χ2v) is 8.72. The summed E-state index contributed by atoms with van der Waals surface area (Å²) in [5.41, 5.74) is 2.38. The van der Waals surface area contributed by atoms with Crippen molar-refractivity contribution in [3.63, 3.8) is 0 Å². The fourth-order valence-corrected chi connectivity index (χ4v) is 7.24. The Morgan fingerprint density at radius 3 is 2.84 bits per heavy atom. The van der Waals surface area contributed by atoms with Gasteiger partial charge in [-0.25, -0.2) is 0 Å². The molecule has 0 unspecified atom stereocenters. The molecule has 0 bridgehead atoms. The number of allylic oxidation sites excluding steroid dienone is 2. The normalized spacial score (nSPS) is 45.9. The number of carbonyl (C=O) groups is 1. The van der Waals surface area contributed by atoms with Gasteiger partial charge < -0.3 is 4.74 Å². The molecule has 134 valence electrons. The van der Waals surface area contributed by atoms with E-state index in [0.29, 0.717) is 35.9 Å². The van der Waals surface area contributed by atoms with Crippen molar-refractivity contribution in [3.8, 4) is 12.3 Å². The first kappa shape index (κ1) is 17.1. The van der Waals surface area contributed by atoms with E-state index in [9.17, 15) is 4.79 Å². The molecule has 2 heteroatoms. The maximum atomic E-state index is 11.9. The summed E-state index contributed by atoms with van der Waals surface area (Å²) in [6, 6.07) is 0. The molecule has 0 saturated heterocycles. The van der Waals surface area contributed by atoms with Gasteiger partial charge >= 0.3 is 0 Å². The average molecular weight is 338 g/mol. The van der Waals surface area contributed by atoms with Gasteiger partial charge in [0.05, 0.1) is 0 Å². The second kappa shape index (κ2) is 5.85. The molecule has 0 amide bonds. The van der Waals surface area contributed by atoms with E-state index < -0.39 is 5.60 Å². The maximum Gasteiger partial charge on any atom is 0.155 e. The second-order valence-electron chi connectivity index (χ2n) is 8.72. The van der Waals surface area contributed by atoms with Crippen LogP contribution in [0.3, 0.4) is 0 Å². The SMILES string of the molecule is C#C[C@]1(OC)CC[C@H]2[C@@H]3CCC4=CC(=O)CC[C@@H]4[C@H]3C(=C)C[C@@]21CC. The van der Waals surface area contributed by atoms with Crippen LogP contribution in [0.4, 0.5) is 0 Å². The summed E-state index contributed by atoms with van der Waals surface area (Å²) in [5, 5.41) is 0. The van der Waals surface area contributed by atoms with Crippen LogP contribution in [0, 0.1) is 41.4 Å². The smallest absolute Gasteiger partial charge is 0.155 e. The standard InChI is InChI=1S/C23H30O2/c1-5-22-14-15(3)21-18-10-8-17(24)13-16(18)7-9-19(21)20(22)11-12-23(22,6-2)25-4/h2,13,18-21H,3,5,7-12,14H2,1,4H3/t18-,19-,20-,21+,22-,23-/m0/s1. The molecule has 2 nitrogen and oxygen atoms in total. The lowest BCUT2D eigenvalue weighted by Gasteiger charge is -2.57.